The van der Waals surface area contributed by atoms with Gasteiger partial charge in [0.25, 0.3) is 0 Å². The predicted molar refractivity (Wildman–Crippen MR) is 60.4 cm³/mol. The Morgan fingerprint density at radius 2 is 2.25 bits per heavy atom. The van der Waals surface area contributed by atoms with Crippen LogP contribution in [0.15, 0.2) is 6.20 Å². The molecule has 0 amide bonds. The third-order valence-corrected chi connectivity index (χ3v) is 3.33. The largest absolute Gasteiger partial charge is 0.481 e. The van der Waals surface area contributed by atoms with Gasteiger partial charge in [0, 0.05) is 25.6 Å². The monoisotopic (exact) mass is 222 g/mol. The zero-order valence-corrected chi connectivity index (χ0v) is 9.65. The molecule has 88 valence electrons. The first-order valence-corrected chi connectivity index (χ1v) is 5.90. The number of carboxylic acids is 1. The number of hydrogen-bond acceptors (Lipinski definition) is 2. The summed E-state index contributed by atoms with van der Waals surface area (Å²) in [5.41, 5.74) is 1.15. The number of aryl methyl sites for hydroxylation is 2. The summed E-state index contributed by atoms with van der Waals surface area (Å²) in [5, 5.41) is 8.65. The molecule has 2 rings (SSSR count). The average molecular weight is 222 g/mol. The quantitative estimate of drug-likeness (QED) is 0.848. The van der Waals surface area contributed by atoms with Gasteiger partial charge >= 0.3 is 5.97 Å². The maximum Gasteiger partial charge on any atom is 0.303 e. The molecule has 1 aliphatic carbocycles. The van der Waals surface area contributed by atoms with E-state index in [2.05, 4.69) is 11.2 Å². The third kappa shape index (κ3) is 2.43. The summed E-state index contributed by atoms with van der Waals surface area (Å²) < 4.78 is 1.97. The molecule has 1 N–H and O–H groups in total. The highest BCUT2D eigenvalue weighted by Crippen LogP contribution is 2.33. The minimum Gasteiger partial charge on any atom is -0.481 e. The second-order valence-electron chi connectivity index (χ2n) is 4.57. The fraction of sp³-hybridized carbons (Fsp3) is 0.667. The Kier molecular flexibility index (Phi) is 3.27. The number of carbonyl (C=O) groups is 1. The van der Waals surface area contributed by atoms with Crippen LogP contribution < -0.4 is 0 Å². The van der Waals surface area contributed by atoms with Crippen molar-refractivity contribution >= 4 is 5.97 Å². The lowest BCUT2D eigenvalue weighted by Crippen LogP contribution is -2.02. The molecular formula is C12H18N2O2. The van der Waals surface area contributed by atoms with Crippen LogP contribution in [0.5, 0.6) is 0 Å². The van der Waals surface area contributed by atoms with Gasteiger partial charge in [0.05, 0.1) is 12.1 Å². The van der Waals surface area contributed by atoms with Gasteiger partial charge in [0.2, 0.25) is 0 Å². The van der Waals surface area contributed by atoms with Crippen LogP contribution in [-0.4, -0.2) is 20.6 Å². The Labute approximate surface area is 95.3 Å². The van der Waals surface area contributed by atoms with Gasteiger partial charge in [-0.25, -0.2) is 4.98 Å². The molecule has 1 aliphatic rings. The second kappa shape index (κ2) is 4.68. The first kappa shape index (κ1) is 11.2. The Bertz CT molecular complexity index is 378. The van der Waals surface area contributed by atoms with Crippen molar-refractivity contribution in [1.29, 1.82) is 0 Å². The molecule has 16 heavy (non-hydrogen) atoms. The normalized spacial score (nSPS) is 16.8. The van der Waals surface area contributed by atoms with Gasteiger partial charge in [0.15, 0.2) is 0 Å². The highest BCUT2D eigenvalue weighted by atomic mass is 16.4. The summed E-state index contributed by atoms with van der Waals surface area (Å²) in [6.45, 7) is 0. The van der Waals surface area contributed by atoms with Crippen LogP contribution >= 0.6 is 0 Å². The van der Waals surface area contributed by atoms with Crippen molar-refractivity contribution in [3.63, 3.8) is 0 Å². The van der Waals surface area contributed by atoms with Crippen molar-refractivity contribution in [2.75, 3.05) is 0 Å². The van der Waals surface area contributed by atoms with Crippen molar-refractivity contribution in [2.24, 2.45) is 7.05 Å². The second-order valence-corrected chi connectivity index (χ2v) is 4.57. The van der Waals surface area contributed by atoms with E-state index in [0.717, 1.165) is 11.5 Å². The molecule has 1 aromatic heterocycles. The summed E-state index contributed by atoms with van der Waals surface area (Å²) in [4.78, 5) is 15.1. The lowest BCUT2D eigenvalue weighted by atomic mass is 10.1. The SMILES string of the molecule is Cn1cc(C2CCCC2)nc1CCC(=O)O. The van der Waals surface area contributed by atoms with Crippen molar-refractivity contribution in [3.05, 3.63) is 17.7 Å². The average Bonchev–Trinajstić information content (AvgIpc) is 2.83. The highest BCUT2D eigenvalue weighted by molar-refractivity contribution is 5.66. The van der Waals surface area contributed by atoms with Crippen molar-refractivity contribution in [1.82, 2.24) is 9.55 Å². The van der Waals surface area contributed by atoms with E-state index < -0.39 is 5.97 Å². The number of imidazole rings is 1. The Morgan fingerprint density at radius 1 is 1.56 bits per heavy atom. The Hall–Kier alpha value is -1.32. The van der Waals surface area contributed by atoms with Crippen LogP contribution in [0, 0.1) is 0 Å². The van der Waals surface area contributed by atoms with Crippen LogP contribution in [0.2, 0.25) is 0 Å². The first-order chi connectivity index (χ1) is 7.66. The fourth-order valence-corrected chi connectivity index (χ4v) is 2.40. The van der Waals surface area contributed by atoms with Crippen molar-refractivity contribution in [2.45, 2.75) is 44.4 Å². The van der Waals surface area contributed by atoms with Crippen LogP contribution in [0.4, 0.5) is 0 Å². The molecule has 0 aliphatic heterocycles. The van der Waals surface area contributed by atoms with Crippen LogP contribution in [0.25, 0.3) is 0 Å². The summed E-state index contributed by atoms with van der Waals surface area (Å²) in [5.74, 6) is 0.736. The minimum absolute atomic E-state index is 0.162. The standard InChI is InChI=1S/C12H18N2O2/c1-14-8-10(9-4-2-3-5-9)13-11(14)6-7-12(15)16/h8-9H,2-7H2,1H3,(H,15,16). The van der Waals surface area contributed by atoms with E-state index in [0.29, 0.717) is 12.3 Å². The molecule has 1 saturated carbocycles. The molecule has 4 nitrogen and oxygen atoms in total. The van der Waals surface area contributed by atoms with E-state index in [-0.39, 0.29) is 6.42 Å². The van der Waals surface area contributed by atoms with Crippen LogP contribution in [0.1, 0.15) is 49.5 Å². The van der Waals surface area contributed by atoms with Gasteiger partial charge in [-0.05, 0) is 12.8 Å². The molecule has 0 atom stereocenters. The smallest absolute Gasteiger partial charge is 0.303 e. The Morgan fingerprint density at radius 3 is 2.88 bits per heavy atom. The summed E-state index contributed by atoms with van der Waals surface area (Å²) in [7, 11) is 1.95. The molecule has 1 fully saturated rings. The number of nitrogens with zero attached hydrogens (tertiary/aromatic N) is 2. The summed E-state index contributed by atoms with van der Waals surface area (Å²) >= 11 is 0. The highest BCUT2D eigenvalue weighted by Gasteiger charge is 2.20. The predicted octanol–water partition coefficient (Wildman–Crippen LogP) is 2.09. The van der Waals surface area contributed by atoms with E-state index in [4.69, 9.17) is 5.11 Å². The number of carboxylic acid groups (broad SMARTS) is 1. The Balaban J connectivity index is 2.05. The fourth-order valence-electron chi connectivity index (χ4n) is 2.40. The molecule has 0 bridgehead atoms. The third-order valence-electron chi connectivity index (χ3n) is 3.33. The van der Waals surface area contributed by atoms with Crippen molar-refractivity contribution < 1.29 is 9.90 Å². The lowest BCUT2D eigenvalue weighted by Gasteiger charge is -2.02. The molecule has 0 unspecified atom stereocenters. The van der Waals surface area contributed by atoms with Gasteiger partial charge < -0.3 is 9.67 Å². The molecule has 1 heterocycles. The lowest BCUT2D eigenvalue weighted by molar-refractivity contribution is -0.137. The van der Waals surface area contributed by atoms with Crippen molar-refractivity contribution in [3.8, 4) is 0 Å². The first-order valence-electron chi connectivity index (χ1n) is 5.90. The van der Waals surface area contributed by atoms with E-state index in [9.17, 15) is 4.79 Å². The minimum atomic E-state index is -0.759. The van der Waals surface area contributed by atoms with Gasteiger partial charge in [-0.3, -0.25) is 4.79 Å². The van der Waals surface area contributed by atoms with Gasteiger partial charge in [0.1, 0.15) is 5.82 Å². The number of aromatic nitrogens is 2. The summed E-state index contributed by atoms with van der Waals surface area (Å²) in [6.07, 6.45) is 7.81. The van der Waals surface area contributed by atoms with Gasteiger partial charge in [-0.1, -0.05) is 12.8 Å². The maximum absolute atomic E-state index is 10.5. The maximum atomic E-state index is 10.5. The van der Waals surface area contributed by atoms with E-state index in [1.54, 1.807) is 0 Å². The zero-order chi connectivity index (χ0) is 11.5. The van der Waals surface area contributed by atoms with Gasteiger partial charge in [-0.15, -0.1) is 0 Å². The van der Waals surface area contributed by atoms with E-state index in [1.807, 2.05) is 11.6 Å². The van der Waals surface area contributed by atoms with Gasteiger partial charge in [-0.2, -0.15) is 0 Å². The van der Waals surface area contributed by atoms with E-state index in [1.165, 1.54) is 25.7 Å². The van der Waals surface area contributed by atoms with E-state index >= 15 is 0 Å². The number of rotatable bonds is 4. The zero-order valence-electron chi connectivity index (χ0n) is 9.65. The number of hydrogen-bond donors (Lipinski definition) is 1. The molecule has 0 spiro atoms. The molecule has 0 aromatic carbocycles. The summed E-state index contributed by atoms with van der Waals surface area (Å²) in [6, 6.07) is 0. The molecule has 4 heteroatoms. The molecular weight excluding hydrogens is 204 g/mol. The molecule has 0 saturated heterocycles. The molecule has 1 aromatic rings. The van der Waals surface area contributed by atoms with Crippen LogP contribution in [0.3, 0.4) is 0 Å². The topological polar surface area (TPSA) is 55.1 Å². The molecule has 0 radical (unpaired) electrons. The number of aliphatic carboxylic acids is 1. The van der Waals surface area contributed by atoms with Crippen LogP contribution in [-0.2, 0) is 18.3 Å².